The van der Waals surface area contributed by atoms with Crippen molar-refractivity contribution in [3.05, 3.63) is 123 Å². The maximum Gasteiger partial charge on any atom is 0.271 e. The molecule has 0 fully saturated rings. The van der Waals surface area contributed by atoms with Crippen LogP contribution in [0.15, 0.2) is 96.1 Å². The maximum absolute atomic E-state index is 12.6. The molecule has 0 aliphatic heterocycles. The molecule has 4 rings (SSSR count). The van der Waals surface area contributed by atoms with Gasteiger partial charge < -0.3 is 14.2 Å². The molecule has 0 aliphatic carbocycles. The van der Waals surface area contributed by atoms with Crippen molar-refractivity contribution in [1.29, 1.82) is 0 Å². The summed E-state index contributed by atoms with van der Waals surface area (Å²) in [5, 5.41) is 5.08. The third-order valence-corrected chi connectivity index (χ3v) is 6.00. The normalized spacial score (nSPS) is 10.8. The third kappa shape index (κ3) is 7.26. The Hall–Kier alpha value is -4.00. The van der Waals surface area contributed by atoms with Gasteiger partial charge in [-0.2, -0.15) is 5.10 Å². The minimum atomic E-state index is -0.394. The summed E-state index contributed by atoms with van der Waals surface area (Å²) in [4.78, 5) is 12.6. The number of halogens is 2. The molecule has 0 bridgehead atoms. The lowest BCUT2D eigenvalue weighted by atomic mass is 10.2. The minimum absolute atomic E-state index is 0.294. The SMILES string of the molecule is COc1cc(C(=O)N/N=C/c2ccc(OCc3ccccc3Cl)c(Cl)c2)ccc1OCc1ccccc1. The van der Waals surface area contributed by atoms with Crippen molar-refractivity contribution in [2.45, 2.75) is 13.2 Å². The fourth-order valence-corrected chi connectivity index (χ4v) is 3.81. The van der Waals surface area contributed by atoms with Gasteiger partial charge in [0.1, 0.15) is 19.0 Å². The Labute approximate surface area is 225 Å². The molecule has 0 saturated heterocycles. The molecule has 4 aromatic rings. The number of rotatable bonds is 10. The number of carbonyl (C=O) groups excluding carboxylic acids is 1. The lowest BCUT2D eigenvalue weighted by Crippen LogP contribution is -2.17. The van der Waals surface area contributed by atoms with E-state index in [4.69, 9.17) is 37.4 Å². The van der Waals surface area contributed by atoms with Crippen molar-refractivity contribution in [2.24, 2.45) is 5.10 Å². The summed E-state index contributed by atoms with van der Waals surface area (Å²) >= 11 is 12.5. The molecular formula is C29H24Cl2N2O4. The van der Waals surface area contributed by atoms with E-state index in [1.807, 2.05) is 48.5 Å². The Kier molecular flexibility index (Phi) is 9.03. The molecule has 0 unspecified atom stereocenters. The molecule has 1 amide bonds. The Bertz CT molecular complexity index is 1390. The van der Waals surface area contributed by atoms with Crippen LogP contribution in [0.3, 0.4) is 0 Å². The van der Waals surface area contributed by atoms with Crippen molar-refractivity contribution >= 4 is 35.3 Å². The van der Waals surface area contributed by atoms with Gasteiger partial charge >= 0.3 is 0 Å². The molecule has 0 atom stereocenters. The highest BCUT2D eigenvalue weighted by Gasteiger charge is 2.11. The molecule has 0 heterocycles. The summed E-state index contributed by atoms with van der Waals surface area (Å²) in [7, 11) is 1.52. The zero-order valence-corrected chi connectivity index (χ0v) is 21.5. The van der Waals surface area contributed by atoms with Crippen LogP contribution in [0.4, 0.5) is 0 Å². The first-order valence-electron chi connectivity index (χ1n) is 11.4. The van der Waals surface area contributed by atoms with Crippen LogP contribution in [-0.2, 0) is 13.2 Å². The van der Waals surface area contributed by atoms with Gasteiger partial charge in [-0.1, -0.05) is 71.7 Å². The number of benzene rings is 4. The number of hydrazone groups is 1. The molecular weight excluding hydrogens is 511 g/mol. The highest BCUT2D eigenvalue weighted by molar-refractivity contribution is 6.32. The van der Waals surface area contributed by atoms with Crippen LogP contribution in [-0.4, -0.2) is 19.2 Å². The van der Waals surface area contributed by atoms with Gasteiger partial charge in [0.05, 0.1) is 18.3 Å². The van der Waals surface area contributed by atoms with Crippen molar-refractivity contribution in [3.63, 3.8) is 0 Å². The van der Waals surface area contributed by atoms with Gasteiger partial charge in [0, 0.05) is 16.1 Å². The van der Waals surface area contributed by atoms with Gasteiger partial charge in [0.2, 0.25) is 0 Å². The second kappa shape index (κ2) is 12.8. The molecule has 0 radical (unpaired) electrons. The van der Waals surface area contributed by atoms with E-state index in [-0.39, 0.29) is 0 Å². The van der Waals surface area contributed by atoms with Crippen LogP contribution in [0.5, 0.6) is 17.2 Å². The van der Waals surface area contributed by atoms with Gasteiger partial charge in [-0.25, -0.2) is 5.43 Å². The maximum atomic E-state index is 12.6. The first-order valence-corrected chi connectivity index (χ1v) is 12.1. The smallest absolute Gasteiger partial charge is 0.271 e. The van der Waals surface area contributed by atoms with Gasteiger partial charge in [0.15, 0.2) is 11.5 Å². The molecule has 8 heteroatoms. The molecule has 37 heavy (non-hydrogen) atoms. The predicted molar refractivity (Wildman–Crippen MR) is 146 cm³/mol. The Morgan fingerprint density at radius 1 is 0.811 bits per heavy atom. The molecule has 0 saturated carbocycles. The van der Waals surface area contributed by atoms with Crippen LogP contribution in [0.2, 0.25) is 10.0 Å². The molecule has 0 aliphatic rings. The van der Waals surface area contributed by atoms with Crippen LogP contribution < -0.4 is 19.6 Å². The van der Waals surface area contributed by atoms with Crippen LogP contribution in [0, 0.1) is 0 Å². The highest BCUT2D eigenvalue weighted by atomic mass is 35.5. The van der Waals surface area contributed by atoms with E-state index in [2.05, 4.69) is 10.5 Å². The van der Waals surface area contributed by atoms with Crippen molar-refractivity contribution in [2.75, 3.05) is 7.11 Å². The summed E-state index contributed by atoms with van der Waals surface area (Å²) in [5.41, 5.74) is 5.47. The Balaban J connectivity index is 1.33. The van der Waals surface area contributed by atoms with E-state index in [1.165, 1.54) is 13.3 Å². The number of ether oxygens (including phenoxy) is 3. The van der Waals surface area contributed by atoms with Crippen LogP contribution >= 0.6 is 23.2 Å². The number of nitrogens with zero attached hydrogens (tertiary/aromatic N) is 1. The number of nitrogens with one attached hydrogen (secondary N) is 1. The average molecular weight is 535 g/mol. The second-order valence-electron chi connectivity index (χ2n) is 7.91. The standard InChI is InChI=1S/C29H24Cl2N2O4/c1-35-28-16-22(12-14-27(28)36-18-20-7-3-2-4-8-20)29(34)33-32-17-21-11-13-26(25(31)15-21)37-19-23-9-5-6-10-24(23)30/h2-17H,18-19H2,1H3,(H,33,34)/b32-17+. The zero-order chi connectivity index (χ0) is 26.0. The first-order chi connectivity index (χ1) is 18.0. The fourth-order valence-electron chi connectivity index (χ4n) is 3.38. The largest absolute Gasteiger partial charge is 0.493 e. The Morgan fingerprint density at radius 3 is 2.30 bits per heavy atom. The zero-order valence-electron chi connectivity index (χ0n) is 20.0. The molecule has 4 aromatic carbocycles. The minimum Gasteiger partial charge on any atom is -0.493 e. The summed E-state index contributed by atoms with van der Waals surface area (Å²) < 4.78 is 17.0. The molecule has 0 spiro atoms. The quantitative estimate of drug-likeness (QED) is 0.177. The first kappa shape index (κ1) is 26.1. The van der Waals surface area contributed by atoms with Crippen LogP contribution in [0.1, 0.15) is 27.0 Å². The topological polar surface area (TPSA) is 69.2 Å². The molecule has 0 aromatic heterocycles. The summed E-state index contributed by atoms with van der Waals surface area (Å²) in [6, 6.07) is 27.4. The lowest BCUT2D eigenvalue weighted by molar-refractivity contribution is 0.0954. The van der Waals surface area contributed by atoms with Gasteiger partial charge in [-0.05, 0) is 53.6 Å². The fraction of sp³-hybridized carbons (Fsp3) is 0.103. The second-order valence-corrected chi connectivity index (χ2v) is 8.72. The number of hydrogen-bond acceptors (Lipinski definition) is 5. The van der Waals surface area contributed by atoms with Crippen molar-refractivity contribution in [1.82, 2.24) is 5.43 Å². The van der Waals surface area contributed by atoms with E-state index in [1.54, 1.807) is 42.5 Å². The highest BCUT2D eigenvalue weighted by Crippen LogP contribution is 2.29. The number of hydrogen-bond donors (Lipinski definition) is 1. The summed E-state index contributed by atoms with van der Waals surface area (Å²) in [5.74, 6) is 1.11. The number of amides is 1. The summed E-state index contributed by atoms with van der Waals surface area (Å²) in [6.45, 7) is 0.682. The number of carbonyl (C=O) groups is 1. The molecule has 6 nitrogen and oxygen atoms in total. The van der Waals surface area contributed by atoms with E-state index in [0.717, 1.165) is 11.1 Å². The van der Waals surface area contributed by atoms with E-state index < -0.39 is 5.91 Å². The van der Waals surface area contributed by atoms with E-state index in [9.17, 15) is 4.79 Å². The monoisotopic (exact) mass is 534 g/mol. The van der Waals surface area contributed by atoms with Crippen LogP contribution in [0.25, 0.3) is 0 Å². The summed E-state index contributed by atoms with van der Waals surface area (Å²) in [6.07, 6.45) is 1.50. The number of methoxy groups -OCH3 is 1. The van der Waals surface area contributed by atoms with Gasteiger partial charge in [-0.3, -0.25) is 4.79 Å². The van der Waals surface area contributed by atoms with E-state index in [0.29, 0.717) is 51.6 Å². The Morgan fingerprint density at radius 2 is 1.54 bits per heavy atom. The van der Waals surface area contributed by atoms with Crippen molar-refractivity contribution < 1.29 is 19.0 Å². The van der Waals surface area contributed by atoms with Gasteiger partial charge in [0.25, 0.3) is 5.91 Å². The lowest BCUT2D eigenvalue weighted by Gasteiger charge is -2.12. The molecule has 1 N–H and O–H groups in total. The van der Waals surface area contributed by atoms with E-state index >= 15 is 0 Å². The average Bonchev–Trinajstić information content (AvgIpc) is 2.92. The van der Waals surface area contributed by atoms with Gasteiger partial charge in [-0.15, -0.1) is 0 Å². The third-order valence-electron chi connectivity index (χ3n) is 5.34. The van der Waals surface area contributed by atoms with Crippen molar-refractivity contribution in [3.8, 4) is 17.2 Å². The predicted octanol–water partition coefficient (Wildman–Crippen LogP) is 6.92. The molecule has 188 valence electrons.